The molecule has 1 atom stereocenters. The van der Waals surface area contributed by atoms with Crippen LogP contribution in [0.25, 0.3) is 0 Å². The molecule has 0 bridgehead atoms. The van der Waals surface area contributed by atoms with Gasteiger partial charge in [-0.1, -0.05) is 40.5 Å². The molecule has 112 valence electrons. The fraction of sp³-hybridized carbons (Fsp3) is 0.294. The lowest BCUT2D eigenvalue weighted by molar-refractivity contribution is 0.554. The Bertz CT molecular complexity index is 634. The van der Waals surface area contributed by atoms with Crippen LogP contribution in [-0.4, -0.2) is 6.54 Å². The van der Waals surface area contributed by atoms with Gasteiger partial charge in [-0.25, -0.2) is 4.39 Å². The normalized spacial score (nSPS) is 12.5. The molecular formula is C17H18BrClFN. The molecule has 2 aromatic carbocycles. The van der Waals surface area contributed by atoms with Crippen LogP contribution in [0.5, 0.6) is 0 Å². The van der Waals surface area contributed by atoms with Gasteiger partial charge in [0.15, 0.2) is 0 Å². The summed E-state index contributed by atoms with van der Waals surface area (Å²) in [5.41, 5.74) is 3.47. The highest BCUT2D eigenvalue weighted by Crippen LogP contribution is 2.34. The molecule has 0 fully saturated rings. The van der Waals surface area contributed by atoms with Crippen molar-refractivity contribution in [1.29, 1.82) is 0 Å². The topological polar surface area (TPSA) is 12.0 Å². The average Bonchev–Trinajstić information content (AvgIpc) is 2.39. The Labute approximate surface area is 138 Å². The van der Waals surface area contributed by atoms with Crippen LogP contribution in [0.3, 0.4) is 0 Å². The molecule has 2 aromatic rings. The monoisotopic (exact) mass is 369 g/mol. The first-order chi connectivity index (χ1) is 9.93. The summed E-state index contributed by atoms with van der Waals surface area (Å²) in [6.07, 6.45) is 0. The van der Waals surface area contributed by atoms with Gasteiger partial charge in [0, 0.05) is 15.1 Å². The van der Waals surface area contributed by atoms with E-state index in [2.05, 4.69) is 21.2 Å². The first kappa shape index (κ1) is 16.5. The second-order valence-electron chi connectivity index (χ2n) is 5.13. The highest BCUT2D eigenvalue weighted by molar-refractivity contribution is 9.10. The number of hydrogen-bond acceptors (Lipinski definition) is 1. The van der Waals surface area contributed by atoms with Crippen LogP contribution >= 0.6 is 27.5 Å². The molecule has 0 amide bonds. The first-order valence-electron chi connectivity index (χ1n) is 6.89. The van der Waals surface area contributed by atoms with Crippen LogP contribution in [0.4, 0.5) is 4.39 Å². The zero-order valence-corrected chi connectivity index (χ0v) is 14.6. The molecule has 0 aliphatic heterocycles. The first-order valence-corrected chi connectivity index (χ1v) is 8.06. The quantitative estimate of drug-likeness (QED) is 0.743. The third-order valence-electron chi connectivity index (χ3n) is 3.45. The molecule has 0 radical (unpaired) electrons. The molecule has 4 heteroatoms. The molecule has 21 heavy (non-hydrogen) atoms. The fourth-order valence-corrected chi connectivity index (χ4v) is 3.26. The zero-order valence-electron chi connectivity index (χ0n) is 12.3. The van der Waals surface area contributed by atoms with Crippen molar-refractivity contribution >= 4 is 27.5 Å². The maximum Gasteiger partial charge on any atom is 0.128 e. The lowest BCUT2D eigenvalue weighted by Gasteiger charge is -2.23. The maximum atomic E-state index is 14.5. The maximum absolute atomic E-state index is 14.5. The third-order valence-corrected chi connectivity index (χ3v) is 4.40. The predicted molar refractivity (Wildman–Crippen MR) is 90.5 cm³/mol. The van der Waals surface area contributed by atoms with E-state index in [0.29, 0.717) is 10.6 Å². The van der Waals surface area contributed by atoms with Crippen LogP contribution in [0.2, 0.25) is 5.02 Å². The second kappa shape index (κ2) is 6.91. The van der Waals surface area contributed by atoms with Gasteiger partial charge in [0.1, 0.15) is 5.82 Å². The predicted octanol–water partition coefficient (Wildman–Crippen LogP) is 5.56. The van der Waals surface area contributed by atoms with E-state index < -0.39 is 0 Å². The Balaban J connectivity index is 2.61. The van der Waals surface area contributed by atoms with Crippen LogP contribution in [0, 0.1) is 19.7 Å². The molecular weight excluding hydrogens is 353 g/mol. The van der Waals surface area contributed by atoms with Gasteiger partial charge < -0.3 is 5.32 Å². The molecule has 0 spiro atoms. The van der Waals surface area contributed by atoms with Crippen molar-refractivity contribution in [3.63, 3.8) is 0 Å². The summed E-state index contributed by atoms with van der Waals surface area (Å²) in [5, 5.41) is 4.00. The Morgan fingerprint density at radius 1 is 1.24 bits per heavy atom. The van der Waals surface area contributed by atoms with Crippen molar-refractivity contribution in [2.45, 2.75) is 26.8 Å². The summed E-state index contributed by atoms with van der Waals surface area (Å²) >= 11 is 9.65. The highest BCUT2D eigenvalue weighted by atomic mass is 79.9. The minimum atomic E-state index is -0.233. The molecule has 2 rings (SSSR count). The Kier molecular flexibility index (Phi) is 5.42. The van der Waals surface area contributed by atoms with E-state index in [4.69, 9.17) is 11.6 Å². The summed E-state index contributed by atoms with van der Waals surface area (Å²) in [6.45, 7) is 6.58. The van der Waals surface area contributed by atoms with Crippen molar-refractivity contribution < 1.29 is 4.39 Å². The number of nitrogens with one attached hydrogen (secondary N) is 1. The summed E-state index contributed by atoms with van der Waals surface area (Å²) in [5.74, 6) is -0.190. The highest BCUT2D eigenvalue weighted by Gasteiger charge is 2.22. The number of hydrogen-bond donors (Lipinski definition) is 1. The van der Waals surface area contributed by atoms with Gasteiger partial charge in [0.05, 0.1) is 6.04 Å². The Morgan fingerprint density at radius 2 is 1.95 bits per heavy atom. The molecule has 0 aliphatic carbocycles. The van der Waals surface area contributed by atoms with E-state index in [-0.39, 0.29) is 11.9 Å². The minimum absolute atomic E-state index is 0.190. The van der Waals surface area contributed by atoms with Gasteiger partial charge in [-0.3, -0.25) is 0 Å². The Morgan fingerprint density at radius 3 is 2.57 bits per heavy atom. The van der Waals surface area contributed by atoms with Crippen LogP contribution in [-0.2, 0) is 0 Å². The summed E-state index contributed by atoms with van der Waals surface area (Å²) in [7, 11) is 0. The molecule has 0 heterocycles. The zero-order chi connectivity index (χ0) is 15.6. The van der Waals surface area contributed by atoms with Crippen LogP contribution in [0.15, 0.2) is 34.8 Å². The fourth-order valence-electron chi connectivity index (χ4n) is 2.60. The van der Waals surface area contributed by atoms with Crippen molar-refractivity contribution in [1.82, 2.24) is 5.32 Å². The molecule has 1 unspecified atom stereocenters. The van der Waals surface area contributed by atoms with E-state index in [1.165, 1.54) is 0 Å². The van der Waals surface area contributed by atoms with Crippen molar-refractivity contribution in [3.8, 4) is 0 Å². The molecule has 0 aromatic heterocycles. The summed E-state index contributed by atoms with van der Waals surface area (Å²) in [4.78, 5) is 0. The van der Waals surface area contributed by atoms with Crippen LogP contribution in [0.1, 0.15) is 35.2 Å². The average molecular weight is 371 g/mol. The van der Waals surface area contributed by atoms with Crippen molar-refractivity contribution in [3.05, 3.63) is 67.9 Å². The second-order valence-corrected chi connectivity index (χ2v) is 6.42. The lowest BCUT2D eigenvalue weighted by Crippen LogP contribution is -2.24. The van der Waals surface area contributed by atoms with Gasteiger partial charge >= 0.3 is 0 Å². The molecule has 1 nitrogen and oxygen atoms in total. The molecule has 0 saturated carbocycles. The van der Waals surface area contributed by atoms with Gasteiger partial charge in [0.2, 0.25) is 0 Å². The van der Waals surface area contributed by atoms with E-state index in [1.807, 2.05) is 45.0 Å². The van der Waals surface area contributed by atoms with E-state index in [1.54, 1.807) is 6.07 Å². The SMILES string of the molecule is CCNC(c1cc(Cl)ccc1Br)c1c(C)cc(C)cc1F. The lowest BCUT2D eigenvalue weighted by atomic mass is 9.93. The minimum Gasteiger partial charge on any atom is -0.306 e. The summed E-state index contributed by atoms with van der Waals surface area (Å²) < 4.78 is 15.4. The largest absolute Gasteiger partial charge is 0.306 e. The van der Waals surface area contributed by atoms with E-state index in [0.717, 1.165) is 27.7 Å². The van der Waals surface area contributed by atoms with Gasteiger partial charge in [-0.05, 0) is 61.3 Å². The van der Waals surface area contributed by atoms with Gasteiger partial charge in [-0.2, -0.15) is 0 Å². The summed E-state index contributed by atoms with van der Waals surface area (Å²) in [6, 6.07) is 8.92. The van der Waals surface area contributed by atoms with E-state index >= 15 is 0 Å². The van der Waals surface area contributed by atoms with Gasteiger partial charge in [-0.15, -0.1) is 0 Å². The third kappa shape index (κ3) is 3.65. The number of aryl methyl sites for hydroxylation is 2. The van der Waals surface area contributed by atoms with Gasteiger partial charge in [0.25, 0.3) is 0 Å². The Hall–Kier alpha value is -0.900. The number of halogens is 3. The number of rotatable bonds is 4. The smallest absolute Gasteiger partial charge is 0.128 e. The molecule has 1 N–H and O–H groups in total. The molecule has 0 saturated heterocycles. The number of benzene rings is 2. The van der Waals surface area contributed by atoms with Crippen molar-refractivity contribution in [2.75, 3.05) is 6.54 Å². The van der Waals surface area contributed by atoms with Crippen molar-refractivity contribution in [2.24, 2.45) is 0 Å². The molecule has 0 aliphatic rings. The van der Waals surface area contributed by atoms with Crippen LogP contribution < -0.4 is 5.32 Å². The standard InChI is InChI=1S/C17H18BrClFN/c1-4-21-17(13-9-12(19)5-6-14(13)18)16-11(3)7-10(2)8-15(16)20/h5-9,17,21H,4H2,1-3H3. The van der Waals surface area contributed by atoms with E-state index in [9.17, 15) is 4.39 Å².